The maximum absolute atomic E-state index is 4.85. The average Bonchev–Trinajstić information content (AvgIpc) is 3.24. The summed E-state index contributed by atoms with van der Waals surface area (Å²) in [6, 6.07) is 16.6. The lowest BCUT2D eigenvalue weighted by Gasteiger charge is -2.18. The number of H-pyrrole nitrogens is 1. The van der Waals surface area contributed by atoms with E-state index in [4.69, 9.17) is 5.10 Å². The normalized spacial score (nSPS) is 20.1. The predicted molar refractivity (Wildman–Crippen MR) is 125 cm³/mol. The molecule has 0 bridgehead atoms. The number of hydrazone groups is 1. The van der Waals surface area contributed by atoms with Crippen LogP contribution in [0.4, 0.5) is 0 Å². The number of nitrogens with zero attached hydrogens (tertiary/aromatic N) is 3. The standard InChI is InChI=1S/C24H26N6/c1-25-15-12-22-23(19-10-11-21-20(16-19)17-28-29-21)24(18-8-4-2-5-9-18)30-27-14-7-3-6-13-26-22/h2,4-5,8-12,15-17,26-27H,1,3,6-7,13-14H2,(H,28,29)/b15-12-,23-22-,30-24-. The van der Waals surface area contributed by atoms with Gasteiger partial charge in [0.25, 0.3) is 0 Å². The minimum Gasteiger partial charge on any atom is -0.384 e. The largest absolute Gasteiger partial charge is 0.384 e. The van der Waals surface area contributed by atoms with Crippen molar-refractivity contribution in [3.8, 4) is 0 Å². The van der Waals surface area contributed by atoms with E-state index in [0.29, 0.717) is 0 Å². The van der Waals surface area contributed by atoms with Gasteiger partial charge in [0, 0.05) is 41.5 Å². The number of hydrogen-bond donors (Lipinski definition) is 3. The molecule has 3 aromatic rings. The van der Waals surface area contributed by atoms with Gasteiger partial charge in [-0.05, 0) is 49.8 Å². The number of hydrogen-bond acceptors (Lipinski definition) is 5. The van der Waals surface area contributed by atoms with E-state index in [1.807, 2.05) is 30.5 Å². The summed E-state index contributed by atoms with van der Waals surface area (Å²) in [5.41, 5.74) is 9.27. The van der Waals surface area contributed by atoms with Crippen LogP contribution >= 0.6 is 0 Å². The average molecular weight is 399 g/mol. The highest BCUT2D eigenvalue weighted by Gasteiger charge is 2.18. The van der Waals surface area contributed by atoms with Crippen LogP contribution in [-0.2, 0) is 0 Å². The van der Waals surface area contributed by atoms with Crippen LogP contribution < -0.4 is 10.7 Å². The molecule has 2 aromatic carbocycles. The van der Waals surface area contributed by atoms with Crippen LogP contribution in [0, 0.1) is 0 Å². The number of benzene rings is 2. The Kier molecular flexibility index (Phi) is 6.35. The molecule has 0 fully saturated rings. The third kappa shape index (κ3) is 4.49. The number of aliphatic imine (C=N–C) groups is 1. The fourth-order valence-corrected chi connectivity index (χ4v) is 3.60. The lowest BCUT2D eigenvalue weighted by Crippen LogP contribution is -2.19. The molecule has 0 unspecified atom stereocenters. The molecule has 1 aliphatic heterocycles. The summed E-state index contributed by atoms with van der Waals surface area (Å²) in [5.74, 6) is 0. The van der Waals surface area contributed by atoms with Gasteiger partial charge >= 0.3 is 0 Å². The second kappa shape index (κ2) is 9.69. The second-order valence-electron chi connectivity index (χ2n) is 7.18. The second-order valence-corrected chi connectivity index (χ2v) is 7.18. The van der Waals surface area contributed by atoms with Crippen molar-refractivity contribution in [1.82, 2.24) is 20.9 Å². The van der Waals surface area contributed by atoms with E-state index in [2.05, 4.69) is 63.0 Å². The fraction of sp³-hybridized carbons (Fsp3) is 0.208. The van der Waals surface area contributed by atoms with Crippen LogP contribution in [0.2, 0.25) is 0 Å². The highest BCUT2D eigenvalue weighted by Crippen LogP contribution is 2.27. The monoisotopic (exact) mass is 398 g/mol. The smallest absolute Gasteiger partial charge is 0.100 e. The van der Waals surface area contributed by atoms with Crippen LogP contribution in [0.5, 0.6) is 0 Å². The highest BCUT2D eigenvalue weighted by molar-refractivity contribution is 6.32. The lowest BCUT2D eigenvalue weighted by atomic mass is 9.93. The van der Waals surface area contributed by atoms with Gasteiger partial charge in [0.05, 0.1) is 11.7 Å². The number of aromatic amines is 1. The summed E-state index contributed by atoms with van der Waals surface area (Å²) < 4.78 is 0. The van der Waals surface area contributed by atoms with Crippen molar-refractivity contribution in [2.45, 2.75) is 19.3 Å². The van der Waals surface area contributed by atoms with Gasteiger partial charge in [0.2, 0.25) is 0 Å². The van der Waals surface area contributed by atoms with E-state index in [-0.39, 0.29) is 0 Å². The van der Waals surface area contributed by atoms with Gasteiger partial charge in [-0.2, -0.15) is 10.2 Å². The van der Waals surface area contributed by atoms with Crippen molar-refractivity contribution in [2.24, 2.45) is 10.1 Å². The zero-order chi connectivity index (χ0) is 20.6. The van der Waals surface area contributed by atoms with Crippen LogP contribution in [-0.4, -0.2) is 35.7 Å². The molecule has 6 nitrogen and oxygen atoms in total. The van der Waals surface area contributed by atoms with E-state index >= 15 is 0 Å². The molecule has 0 aliphatic carbocycles. The van der Waals surface area contributed by atoms with Crippen molar-refractivity contribution in [3.05, 3.63) is 83.8 Å². The van der Waals surface area contributed by atoms with Crippen molar-refractivity contribution >= 4 is 28.9 Å². The number of allylic oxidation sites excluding steroid dienone is 2. The summed E-state index contributed by atoms with van der Waals surface area (Å²) >= 11 is 0. The van der Waals surface area contributed by atoms with Crippen LogP contribution in [0.3, 0.4) is 0 Å². The maximum Gasteiger partial charge on any atom is 0.100 e. The molecule has 0 radical (unpaired) electrons. The van der Waals surface area contributed by atoms with E-state index in [1.165, 1.54) is 0 Å². The molecule has 0 spiro atoms. The third-order valence-electron chi connectivity index (χ3n) is 5.10. The Balaban J connectivity index is 1.95. The summed E-state index contributed by atoms with van der Waals surface area (Å²) in [6.07, 6.45) is 8.85. The number of aromatic nitrogens is 2. The topological polar surface area (TPSA) is 77.5 Å². The Morgan fingerprint density at radius 1 is 0.967 bits per heavy atom. The van der Waals surface area contributed by atoms with Gasteiger partial charge < -0.3 is 10.7 Å². The molecular formula is C24H26N6. The van der Waals surface area contributed by atoms with E-state index in [9.17, 15) is 0 Å². The Morgan fingerprint density at radius 3 is 2.70 bits per heavy atom. The van der Waals surface area contributed by atoms with Crippen molar-refractivity contribution in [3.63, 3.8) is 0 Å². The molecule has 0 saturated heterocycles. The Labute approximate surface area is 176 Å². The minimum absolute atomic E-state index is 0.851. The molecule has 30 heavy (non-hydrogen) atoms. The van der Waals surface area contributed by atoms with Crippen molar-refractivity contribution in [2.75, 3.05) is 13.1 Å². The van der Waals surface area contributed by atoms with E-state index < -0.39 is 0 Å². The Bertz CT molecular complexity index is 1090. The highest BCUT2D eigenvalue weighted by atomic mass is 15.3. The first-order valence-corrected chi connectivity index (χ1v) is 10.3. The zero-order valence-corrected chi connectivity index (χ0v) is 16.9. The first-order valence-electron chi connectivity index (χ1n) is 10.3. The summed E-state index contributed by atoms with van der Waals surface area (Å²) in [4.78, 5) is 3.94. The molecule has 6 heteroatoms. The lowest BCUT2D eigenvalue weighted by molar-refractivity contribution is 0.609. The molecular weight excluding hydrogens is 372 g/mol. The molecule has 1 aromatic heterocycles. The quantitative estimate of drug-likeness (QED) is 0.575. The first kappa shape index (κ1) is 19.6. The zero-order valence-electron chi connectivity index (χ0n) is 16.9. The van der Waals surface area contributed by atoms with E-state index in [1.54, 1.807) is 6.20 Å². The fourth-order valence-electron chi connectivity index (χ4n) is 3.60. The molecule has 2 heterocycles. The minimum atomic E-state index is 0.851. The molecule has 4 rings (SSSR count). The maximum atomic E-state index is 4.85. The molecule has 0 saturated carbocycles. The first-order chi connectivity index (χ1) is 14.9. The van der Waals surface area contributed by atoms with Gasteiger partial charge in [0.15, 0.2) is 0 Å². The van der Waals surface area contributed by atoms with Gasteiger partial charge in [-0.1, -0.05) is 36.4 Å². The van der Waals surface area contributed by atoms with Crippen LogP contribution in [0.1, 0.15) is 30.4 Å². The van der Waals surface area contributed by atoms with Gasteiger partial charge in [-0.3, -0.25) is 10.1 Å². The van der Waals surface area contributed by atoms with Crippen LogP contribution in [0.15, 0.2) is 82.8 Å². The molecule has 152 valence electrons. The van der Waals surface area contributed by atoms with Gasteiger partial charge in [0.1, 0.15) is 5.71 Å². The number of fused-ring (bicyclic) bond motifs is 1. The molecule has 0 amide bonds. The molecule has 1 aliphatic rings. The number of nitrogens with one attached hydrogen (secondary N) is 3. The van der Waals surface area contributed by atoms with Crippen molar-refractivity contribution < 1.29 is 0 Å². The van der Waals surface area contributed by atoms with E-state index in [0.717, 1.165) is 71.4 Å². The third-order valence-corrected chi connectivity index (χ3v) is 5.10. The Hall–Kier alpha value is -3.67. The number of rotatable bonds is 4. The summed E-state index contributed by atoms with van der Waals surface area (Å²) in [7, 11) is 0. The van der Waals surface area contributed by atoms with Gasteiger partial charge in [-0.15, -0.1) is 0 Å². The SMILES string of the molecule is C=N\C=C/C1=C(c2ccc3[nH]ncc3c2)/C(c2ccccc2)=N\NCCCCCN1. The molecule has 3 N–H and O–H groups in total. The van der Waals surface area contributed by atoms with Crippen LogP contribution in [0.25, 0.3) is 16.5 Å². The predicted octanol–water partition coefficient (Wildman–Crippen LogP) is 4.26. The van der Waals surface area contributed by atoms with Crippen molar-refractivity contribution in [1.29, 1.82) is 0 Å². The summed E-state index contributed by atoms with van der Waals surface area (Å²) in [6.45, 7) is 5.34. The summed E-state index contributed by atoms with van der Waals surface area (Å²) in [5, 5.41) is 16.7. The van der Waals surface area contributed by atoms with Gasteiger partial charge in [-0.25, -0.2) is 0 Å². The molecule has 0 atom stereocenters. The Morgan fingerprint density at radius 2 is 1.83 bits per heavy atom.